The van der Waals surface area contributed by atoms with E-state index in [-0.39, 0.29) is 4.90 Å². The van der Waals surface area contributed by atoms with Gasteiger partial charge in [-0.25, -0.2) is 17.4 Å². The Hall–Kier alpha value is -2.21. The van der Waals surface area contributed by atoms with Crippen LogP contribution in [-0.4, -0.2) is 22.4 Å². The first kappa shape index (κ1) is 12.8. The summed E-state index contributed by atoms with van der Waals surface area (Å²) in [4.78, 5) is 8.68. The van der Waals surface area contributed by atoms with Crippen molar-refractivity contribution < 1.29 is 8.42 Å². The molecule has 0 aliphatic rings. The molecule has 0 aliphatic carbocycles. The Bertz CT molecular complexity index is 880. The number of hydrogen-bond donors (Lipinski definition) is 0. The van der Waals surface area contributed by atoms with Crippen molar-refractivity contribution in [1.29, 1.82) is 0 Å². The van der Waals surface area contributed by atoms with Gasteiger partial charge in [0, 0.05) is 12.4 Å². The lowest BCUT2D eigenvalue weighted by atomic mass is 10.2. The first-order valence-electron chi connectivity index (χ1n) is 6.11. The molecular weight excluding hydrogens is 274 g/mol. The lowest BCUT2D eigenvalue weighted by molar-refractivity contribution is 0.588. The minimum atomic E-state index is -3.64. The van der Waals surface area contributed by atoms with E-state index >= 15 is 0 Å². The second-order valence-corrected chi connectivity index (χ2v) is 6.46. The molecule has 102 valence electrons. The van der Waals surface area contributed by atoms with Crippen LogP contribution in [0.15, 0.2) is 47.6 Å². The molecule has 0 fully saturated rings. The average Bonchev–Trinajstić information content (AvgIpc) is 2.82. The van der Waals surface area contributed by atoms with Gasteiger partial charge in [-0.15, -0.1) is 0 Å². The van der Waals surface area contributed by atoms with E-state index in [4.69, 9.17) is 0 Å². The fraction of sp³-hybridized carbons (Fsp3) is 0.143. The summed E-state index contributed by atoms with van der Waals surface area (Å²) in [5.41, 5.74) is 2.60. The van der Waals surface area contributed by atoms with E-state index in [1.165, 1.54) is 10.2 Å². The van der Waals surface area contributed by atoms with Crippen LogP contribution in [0.2, 0.25) is 0 Å². The lowest BCUT2D eigenvalue weighted by Gasteiger charge is -2.07. The van der Waals surface area contributed by atoms with Crippen LogP contribution in [0.1, 0.15) is 11.3 Å². The smallest absolute Gasteiger partial charge is 0.251 e. The standard InChI is InChI=1S/C14H13N3O2S/c1-10-3-5-12(6-4-10)20(18,19)17-8-7-13-14(17)16-11(2)9-15-13/h3-9H,1-2H3. The normalized spacial score (nSPS) is 11.9. The number of rotatable bonds is 2. The second kappa shape index (κ2) is 4.42. The van der Waals surface area contributed by atoms with Gasteiger partial charge < -0.3 is 0 Å². The molecule has 3 rings (SSSR count). The number of hydrogen-bond acceptors (Lipinski definition) is 4. The summed E-state index contributed by atoms with van der Waals surface area (Å²) in [6.45, 7) is 3.69. The number of fused-ring (bicyclic) bond motifs is 1. The van der Waals surface area contributed by atoms with Gasteiger partial charge in [-0.2, -0.15) is 0 Å². The number of aromatic nitrogens is 3. The van der Waals surface area contributed by atoms with Gasteiger partial charge in [0.05, 0.1) is 10.6 Å². The molecule has 2 aromatic heterocycles. The topological polar surface area (TPSA) is 64.8 Å². The molecule has 0 bridgehead atoms. The summed E-state index contributed by atoms with van der Waals surface area (Å²) in [6, 6.07) is 8.39. The van der Waals surface area contributed by atoms with Crippen molar-refractivity contribution >= 4 is 21.2 Å². The van der Waals surface area contributed by atoms with Crippen LogP contribution in [0, 0.1) is 13.8 Å². The summed E-state index contributed by atoms with van der Waals surface area (Å²) in [5, 5.41) is 0. The predicted octanol–water partition coefficient (Wildman–Crippen LogP) is 2.29. The minimum absolute atomic E-state index is 0.240. The van der Waals surface area contributed by atoms with E-state index < -0.39 is 10.0 Å². The molecule has 5 nitrogen and oxygen atoms in total. The highest BCUT2D eigenvalue weighted by Crippen LogP contribution is 2.20. The van der Waals surface area contributed by atoms with E-state index in [0.717, 1.165) is 5.56 Å². The van der Waals surface area contributed by atoms with E-state index in [1.54, 1.807) is 43.5 Å². The molecule has 0 amide bonds. The van der Waals surface area contributed by atoms with Crippen LogP contribution < -0.4 is 0 Å². The molecule has 0 atom stereocenters. The summed E-state index contributed by atoms with van der Waals surface area (Å²) in [5.74, 6) is 0. The van der Waals surface area contributed by atoms with Gasteiger partial charge in [0.15, 0.2) is 5.65 Å². The van der Waals surface area contributed by atoms with Gasteiger partial charge in [-0.05, 0) is 32.0 Å². The maximum Gasteiger partial charge on any atom is 0.269 e. The van der Waals surface area contributed by atoms with Gasteiger partial charge in [0.25, 0.3) is 10.0 Å². The second-order valence-electron chi connectivity index (χ2n) is 4.65. The SMILES string of the molecule is Cc1ccc(S(=O)(=O)n2ccc3ncc(C)nc32)cc1. The van der Waals surface area contributed by atoms with Crippen molar-refractivity contribution in [3.8, 4) is 0 Å². The maximum absolute atomic E-state index is 12.6. The highest BCUT2D eigenvalue weighted by molar-refractivity contribution is 7.90. The Morgan fingerprint density at radius 1 is 1.05 bits per heavy atom. The molecule has 0 radical (unpaired) electrons. The third kappa shape index (κ3) is 1.98. The largest absolute Gasteiger partial charge is 0.269 e. The third-order valence-corrected chi connectivity index (χ3v) is 4.74. The van der Waals surface area contributed by atoms with Crippen molar-refractivity contribution in [3.63, 3.8) is 0 Å². The Balaban J connectivity index is 2.23. The van der Waals surface area contributed by atoms with Crippen LogP contribution in [0.5, 0.6) is 0 Å². The molecule has 3 aromatic rings. The molecule has 20 heavy (non-hydrogen) atoms. The Morgan fingerprint density at radius 3 is 2.45 bits per heavy atom. The number of nitrogens with zero attached hydrogens (tertiary/aromatic N) is 3. The highest BCUT2D eigenvalue weighted by atomic mass is 32.2. The van der Waals surface area contributed by atoms with Crippen LogP contribution in [-0.2, 0) is 10.0 Å². The zero-order valence-corrected chi connectivity index (χ0v) is 11.9. The van der Waals surface area contributed by atoms with Crippen molar-refractivity contribution in [3.05, 3.63) is 54.0 Å². The maximum atomic E-state index is 12.6. The van der Waals surface area contributed by atoms with E-state index in [1.807, 2.05) is 6.92 Å². The van der Waals surface area contributed by atoms with Crippen LogP contribution in [0.4, 0.5) is 0 Å². The highest BCUT2D eigenvalue weighted by Gasteiger charge is 2.19. The monoisotopic (exact) mass is 287 g/mol. The fourth-order valence-electron chi connectivity index (χ4n) is 1.98. The molecule has 0 unspecified atom stereocenters. The van der Waals surface area contributed by atoms with Crippen LogP contribution in [0.3, 0.4) is 0 Å². The molecule has 0 aliphatic heterocycles. The predicted molar refractivity (Wildman–Crippen MR) is 76.0 cm³/mol. The van der Waals surface area contributed by atoms with E-state index in [0.29, 0.717) is 16.9 Å². The van der Waals surface area contributed by atoms with Crippen molar-refractivity contribution in [2.24, 2.45) is 0 Å². The summed E-state index contributed by atoms with van der Waals surface area (Å²) >= 11 is 0. The van der Waals surface area contributed by atoms with E-state index in [9.17, 15) is 8.42 Å². The summed E-state index contributed by atoms with van der Waals surface area (Å²) in [6.07, 6.45) is 3.10. The molecule has 0 saturated heterocycles. The lowest BCUT2D eigenvalue weighted by Crippen LogP contribution is -2.12. The van der Waals surface area contributed by atoms with Crippen molar-refractivity contribution in [1.82, 2.24) is 13.9 Å². The van der Waals surface area contributed by atoms with Crippen molar-refractivity contribution in [2.45, 2.75) is 18.7 Å². The van der Waals surface area contributed by atoms with Crippen molar-refractivity contribution in [2.75, 3.05) is 0 Å². The van der Waals surface area contributed by atoms with Crippen LogP contribution in [0.25, 0.3) is 11.2 Å². The van der Waals surface area contributed by atoms with Gasteiger partial charge in [-0.3, -0.25) is 4.98 Å². The Kier molecular flexibility index (Phi) is 2.83. The molecule has 1 aromatic carbocycles. The summed E-state index contributed by atoms with van der Waals surface area (Å²) in [7, 11) is -3.64. The van der Waals surface area contributed by atoms with Gasteiger partial charge in [0.1, 0.15) is 5.52 Å². The van der Waals surface area contributed by atoms with Gasteiger partial charge in [0.2, 0.25) is 0 Å². The van der Waals surface area contributed by atoms with E-state index in [2.05, 4.69) is 9.97 Å². The molecular formula is C14H13N3O2S. The van der Waals surface area contributed by atoms with Gasteiger partial charge >= 0.3 is 0 Å². The zero-order chi connectivity index (χ0) is 14.3. The minimum Gasteiger partial charge on any atom is -0.251 e. The third-order valence-electron chi connectivity index (χ3n) is 3.06. The first-order chi connectivity index (χ1) is 9.48. The molecule has 2 heterocycles. The summed E-state index contributed by atoms with van der Waals surface area (Å²) < 4.78 is 26.4. The zero-order valence-electron chi connectivity index (χ0n) is 11.1. The fourth-order valence-corrected chi connectivity index (χ4v) is 3.27. The Morgan fingerprint density at radius 2 is 1.75 bits per heavy atom. The van der Waals surface area contributed by atoms with Crippen LogP contribution >= 0.6 is 0 Å². The van der Waals surface area contributed by atoms with Gasteiger partial charge in [-0.1, -0.05) is 17.7 Å². The number of aryl methyl sites for hydroxylation is 2. The molecule has 0 saturated carbocycles. The number of benzene rings is 1. The first-order valence-corrected chi connectivity index (χ1v) is 7.55. The molecule has 0 spiro atoms. The average molecular weight is 287 g/mol. The molecule has 0 N–H and O–H groups in total. The molecule has 6 heteroatoms. The Labute approximate surface area is 117 Å². The quantitative estimate of drug-likeness (QED) is 0.725.